The van der Waals surface area contributed by atoms with E-state index in [1.807, 2.05) is 0 Å². The molecule has 2 fully saturated rings. The van der Waals surface area contributed by atoms with Gasteiger partial charge in [-0.1, -0.05) is 33.6 Å². The second-order valence-electron chi connectivity index (χ2n) is 6.97. The van der Waals surface area contributed by atoms with Crippen LogP contribution in [-0.2, 0) is 0 Å². The Bertz CT molecular complexity index is 245. The summed E-state index contributed by atoms with van der Waals surface area (Å²) in [7, 11) is 0. The van der Waals surface area contributed by atoms with Crippen LogP contribution in [0.5, 0.6) is 0 Å². The third kappa shape index (κ3) is 2.60. The zero-order valence-corrected chi connectivity index (χ0v) is 11.2. The molecule has 2 saturated carbocycles. The van der Waals surface area contributed by atoms with Crippen molar-refractivity contribution in [3.63, 3.8) is 0 Å². The van der Waals surface area contributed by atoms with Gasteiger partial charge in [-0.15, -0.1) is 0 Å². The molecule has 0 bridgehead atoms. The van der Waals surface area contributed by atoms with Gasteiger partial charge in [-0.25, -0.2) is 0 Å². The van der Waals surface area contributed by atoms with E-state index in [1.165, 1.54) is 38.6 Å². The van der Waals surface area contributed by atoms with Crippen LogP contribution in [0.2, 0.25) is 0 Å². The molecule has 0 saturated heterocycles. The van der Waals surface area contributed by atoms with E-state index in [9.17, 15) is 0 Å². The maximum atomic E-state index is 6.05. The Balaban J connectivity index is 1.89. The summed E-state index contributed by atoms with van der Waals surface area (Å²) < 4.78 is 0. The predicted molar refractivity (Wildman–Crippen MR) is 69.3 cm³/mol. The van der Waals surface area contributed by atoms with E-state index in [1.54, 1.807) is 0 Å². The minimum absolute atomic E-state index is 0.221. The van der Waals surface area contributed by atoms with Crippen LogP contribution in [0.15, 0.2) is 0 Å². The molecular weight excluding hydrogens is 196 g/mol. The van der Waals surface area contributed by atoms with Gasteiger partial charge in [0.2, 0.25) is 0 Å². The lowest BCUT2D eigenvalue weighted by molar-refractivity contribution is 0.254. The van der Waals surface area contributed by atoms with E-state index >= 15 is 0 Å². The van der Waals surface area contributed by atoms with Crippen LogP contribution in [0.3, 0.4) is 0 Å². The van der Waals surface area contributed by atoms with Gasteiger partial charge < -0.3 is 11.1 Å². The van der Waals surface area contributed by atoms with Crippen molar-refractivity contribution in [2.24, 2.45) is 23.0 Å². The minimum atomic E-state index is 0.221. The maximum Gasteiger partial charge on any atom is 0.0335 e. The Morgan fingerprint density at radius 3 is 2.44 bits per heavy atom. The van der Waals surface area contributed by atoms with Gasteiger partial charge in [-0.3, -0.25) is 0 Å². The predicted octanol–water partition coefficient (Wildman–Crippen LogP) is 2.53. The van der Waals surface area contributed by atoms with Gasteiger partial charge in [0.15, 0.2) is 0 Å². The fourth-order valence-electron chi connectivity index (χ4n) is 3.64. The van der Waals surface area contributed by atoms with E-state index in [0.29, 0.717) is 11.3 Å². The summed E-state index contributed by atoms with van der Waals surface area (Å²) in [6.45, 7) is 9.09. The Labute approximate surface area is 100 Å². The monoisotopic (exact) mass is 224 g/mol. The van der Waals surface area contributed by atoms with Gasteiger partial charge in [0, 0.05) is 12.1 Å². The highest BCUT2D eigenvalue weighted by atomic mass is 15.0. The lowest BCUT2D eigenvalue weighted by Crippen LogP contribution is -2.53. The van der Waals surface area contributed by atoms with Crippen LogP contribution in [0, 0.1) is 17.3 Å². The normalized spacial score (nSPS) is 37.9. The smallest absolute Gasteiger partial charge is 0.0335 e. The van der Waals surface area contributed by atoms with Crippen molar-refractivity contribution < 1.29 is 0 Å². The molecule has 2 rings (SSSR count). The van der Waals surface area contributed by atoms with Crippen LogP contribution in [0.4, 0.5) is 0 Å². The molecule has 2 heteroatoms. The van der Waals surface area contributed by atoms with Gasteiger partial charge in [0.05, 0.1) is 0 Å². The zero-order valence-electron chi connectivity index (χ0n) is 11.2. The first-order valence-electron chi connectivity index (χ1n) is 6.93. The number of rotatable bonds is 5. The number of hydrogen-bond donors (Lipinski definition) is 2. The molecule has 0 aromatic rings. The van der Waals surface area contributed by atoms with Gasteiger partial charge >= 0.3 is 0 Å². The summed E-state index contributed by atoms with van der Waals surface area (Å²) >= 11 is 0. The Morgan fingerprint density at radius 2 is 2.00 bits per heavy atom. The number of nitrogens with one attached hydrogen (secondary N) is 1. The van der Waals surface area contributed by atoms with Crippen molar-refractivity contribution in [1.82, 2.24) is 5.32 Å². The van der Waals surface area contributed by atoms with E-state index in [-0.39, 0.29) is 5.54 Å². The molecule has 2 aliphatic carbocycles. The summed E-state index contributed by atoms with van der Waals surface area (Å²) in [5, 5.41) is 3.80. The quantitative estimate of drug-likeness (QED) is 0.753. The fraction of sp³-hybridized carbons (Fsp3) is 1.00. The fourth-order valence-corrected chi connectivity index (χ4v) is 3.64. The molecule has 0 spiro atoms. The SMILES string of the molecule is CC1CC(C)(C)CC1(CN)NCCC1CC1. The molecule has 94 valence electrons. The first kappa shape index (κ1) is 12.4. The summed E-state index contributed by atoms with van der Waals surface area (Å²) in [5.74, 6) is 1.73. The van der Waals surface area contributed by atoms with Crippen molar-refractivity contribution in [2.75, 3.05) is 13.1 Å². The van der Waals surface area contributed by atoms with Gasteiger partial charge in [0.1, 0.15) is 0 Å². The third-order valence-corrected chi connectivity index (χ3v) is 4.69. The molecule has 2 nitrogen and oxygen atoms in total. The number of hydrogen-bond acceptors (Lipinski definition) is 2. The second kappa shape index (κ2) is 4.30. The topological polar surface area (TPSA) is 38.0 Å². The largest absolute Gasteiger partial charge is 0.329 e. The molecule has 0 amide bonds. The third-order valence-electron chi connectivity index (χ3n) is 4.69. The summed E-state index contributed by atoms with van der Waals surface area (Å²) in [4.78, 5) is 0. The van der Waals surface area contributed by atoms with Crippen LogP contribution in [-0.4, -0.2) is 18.6 Å². The molecule has 2 unspecified atom stereocenters. The molecule has 16 heavy (non-hydrogen) atoms. The van der Waals surface area contributed by atoms with E-state index < -0.39 is 0 Å². The highest BCUT2D eigenvalue weighted by molar-refractivity contribution is 5.04. The molecular formula is C14H28N2. The molecule has 3 N–H and O–H groups in total. The standard InChI is InChI=1S/C14H28N2/c1-11-8-13(2,3)9-14(11,10-15)16-7-6-12-4-5-12/h11-12,16H,4-10,15H2,1-3H3. The molecule has 0 radical (unpaired) electrons. The summed E-state index contributed by atoms with van der Waals surface area (Å²) in [6.07, 6.45) is 6.81. The van der Waals surface area contributed by atoms with Crippen LogP contribution >= 0.6 is 0 Å². The second-order valence-corrected chi connectivity index (χ2v) is 6.97. The number of nitrogens with two attached hydrogens (primary N) is 1. The minimum Gasteiger partial charge on any atom is -0.329 e. The van der Waals surface area contributed by atoms with Crippen molar-refractivity contribution in [3.8, 4) is 0 Å². The van der Waals surface area contributed by atoms with Gasteiger partial charge in [-0.05, 0) is 43.1 Å². The van der Waals surface area contributed by atoms with Gasteiger partial charge in [-0.2, -0.15) is 0 Å². The van der Waals surface area contributed by atoms with Crippen LogP contribution in [0.25, 0.3) is 0 Å². The Hall–Kier alpha value is -0.0800. The lowest BCUT2D eigenvalue weighted by Gasteiger charge is -2.34. The molecule has 0 aromatic carbocycles. The maximum absolute atomic E-state index is 6.05. The molecule has 0 aliphatic heterocycles. The van der Waals surface area contributed by atoms with E-state index in [4.69, 9.17) is 5.73 Å². The van der Waals surface area contributed by atoms with Crippen molar-refractivity contribution >= 4 is 0 Å². The highest BCUT2D eigenvalue weighted by Crippen LogP contribution is 2.47. The Kier molecular flexibility index (Phi) is 3.33. The van der Waals surface area contributed by atoms with E-state index in [0.717, 1.165) is 12.5 Å². The molecule has 2 atom stereocenters. The zero-order chi connectivity index (χ0) is 11.8. The lowest BCUT2D eigenvalue weighted by atomic mass is 9.86. The first-order valence-corrected chi connectivity index (χ1v) is 6.93. The van der Waals surface area contributed by atoms with Crippen molar-refractivity contribution in [2.45, 2.75) is 58.4 Å². The summed E-state index contributed by atoms with van der Waals surface area (Å²) in [5.41, 5.74) is 6.73. The molecule has 0 aromatic heterocycles. The van der Waals surface area contributed by atoms with Gasteiger partial charge in [0.25, 0.3) is 0 Å². The first-order chi connectivity index (χ1) is 7.47. The van der Waals surface area contributed by atoms with Crippen LogP contribution < -0.4 is 11.1 Å². The molecule has 2 aliphatic rings. The van der Waals surface area contributed by atoms with Crippen LogP contribution in [0.1, 0.15) is 52.9 Å². The van der Waals surface area contributed by atoms with Crippen molar-refractivity contribution in [1.29, 1.82) is 0 Å². The van der Waals surface area contributed by atoms with E-state index in [2.05, 4.69) is 26.1 Å². The average molecular weight is 224 g/mol. The summed E-state index contributed by atoms with van der Waals surface area (Å²) in [6, 6.07) is 0. The average Bonchev–Trinajstić information content (AvgIpc) is 2.95. The molecule has 0 heterocycles. The Morgan fingerprint density at radius 1 is 1.31 bits per heavy atom. The van der Waals surface area contributed by atoms with Crippen molar-refractivity contribution in [3.05, 3.63) is 0 Å². The highest BCUT2D eigenvalue weighted by Gasteiger charge is 2.47.